The SMILES string of the molecule is COc1cccc2c1oc(=O)c1c(C)nc3[nH]n(-c4cc(Cl)ccc4Cl)c(=O)c3c12. The Morgan fingerprint density at radius 3 is 2.67 bits per heavy atom. The van der Waals surface area contributed by atoms with Crippen molar-refractivity contribution in [3.05, 3.63) is 72.9 Å². The number of hydrogen-bond donors (Lipinski definition) is 1. The predicted octanol–water partition coefficient (Wildman–Crippen LogP) is 4.60. The maximum Gasteiger partial charge on any atom is 0.346 e. The smallest absolute Gasteiger partial charge is 0.346 e. The van der Waals surface area contributed by atoms with Gasteiger partial charge in [-0.3, -0.25) is 9.89 Å². The Kier molecular flexibility index (Phi) is 4.13. The van der Waals surface area contributed by atoms with Crippen LogP contribution in [0.2, 0.25) is 10.0 Å². The standard InChI is InChI=1S/C21H13Cl2N3O4/c1-9-15-16(11-4-3-5-14(29-2)18(11)30-21(15)28)17-19(24-9)25-26(20(17)27)13-8-10(22)6-7-12(13)23/h3-8H,1-2H3,(H,24,25). The molecule has 0 saturated heterocycles. The summed E-state index contributed by atoms with van der Waals surface area (Å²) in [5, 5.41) is 5.24. The highest BCUT2D eigenvalue weighted by molar-refractivity contribution is 6.34. The lowest BCUT2D eigenvalue weighted by Crippen LogP contribution is -2.15. The van der Waals surface area contributed by atoms with Gasteiger partial charge in [0.2, 0.25) is 0 Å². The molecule has 1 N–H and O–H groups in total. The van der Waals surface area contributed by atoms with E-state index in [0.29, 0.717) is 43.6 Å². The monoisotopic (exact) mass is 441 g/mol. The van der Waals surface area contributed by atoms with Crippen LogP contribution in [0.15, 0.2) is 50.4 Å². The van der Waals surface area contributed by atoms with E-state index in [0.717, 1.165) is 0 Å². The average Bonchev–Trinajstić information content (AvgIpc) is 3.04. The predicted molar refractivity (Wildman–Crippen MR) is 117 cm³/mol. The number of methoxy groups -OCH3 is 1. The molecule has 9 heteroatoms. The zero-order valence-electron chi connectivity index (χ0n) is 15.7. The van der Waals surface area contributed by atoms with Crippen LogP contribution in [0, 0.1) is 6.92 Å². The summed E-state index contributed by atoms with van der Waals surface area (Å²) in [6.07, 6.45) is 0. The third-order valence-corrected chi connectivity index (χ3v) is 5.58. The summed E-state index contributed by atoms with van der Waals surface area (Å²) in [4.78, 5) is 30.7. The zero-order chi connectivity index (χ0) is 21.2. The van der Waals surface area contributed by atoms with Gasteiger partial charge in [0.1, 0.15) is 0 Å². The molecule has 0 unspecified atom stereocenters. The fraction of sp³-hybridized carbons (Fsp3) is 0.0952. The van der Waals surface area contributed by atoms with Gasteiger partial charge in [-0.15, -0.1) is 0 Å². The highest BCUT2D eigenvalue weighted by Gasteiger charge is 2.22. The van der Waals surface area contributed by atoms with E-state index in [4.69, 9.17) is 32.4 Å². The van der Waals surface area contributed by atoms with Gasteiger partial charge in [-0.25, -0.2) is 14.5 Å². The van der Waals surface area contributed by atoms with Gasteiger partial charge < -0.3 is 9.15 Å². The number of nitrogens with zero attached hydrogens (tertiary/aromatic N) is 2. The van der Waals surface area contributed by atoms with Crippen LogP contribution in [0.25, 0.3) is 38.5 Å². The van der Waals surface area contributed by atoms with Gasteiger partial charge in [0, 0.05) is 15.8 Å². The number of para-hydroxylation sites is 1. The molecule has 30 heavy (non-hydrogen) atoms. The average molecular weight is 442 g/mol. The summed E-state index contributed by atoms with van der Waals surface area (Å²) in [7, 11) is 1.48. The maximum atomic E-state index is 13.5. The van der Waals surface area contributed by atoms with Crippen LogP contribution >= 0.6 is 23.2 Å². The number of H-pyrrole nitrogens is 1. The molecule has 2 aromatic carbocycles. The number of ether oxygens (including phenoxy) is 1. The molecule has 150 valence electrons. The Bertz CT molecular complexity index is 1620. The molecule has 0 spiro atoms. The van der Waals surface area contributed by atoms with Gasteiger partial charge >= 0.3 is 5.63 Å². The lowest BCUT2D eigenvalue weighted by Gasteiger charge is -2.08. The van der Waals surface area contributed by atoms with Gasteiger partial charge in [-0.05, 0) is 31.2 Å². The van der Waals surface area contributed by atoms with Crippen molar-refractivity contribution in [2.24, 2.45) is 0 Å². The van der Waals surface area contributed by atoms with E-state index in [1.165, 1.54) is 11.8 Å². The number of fused-ring (bicyclic) bond motifs is 5. The molecule has 5 rings (SSSR count). The number of hydrogen-bond acceptors (Lipinski definition) is 5. The first-order valence-electron chi connectivity index (χ1n) is 8.91. The van der Waals surface area contributed by atoms with E-state index in [1.54, 1.807) is 43.3 Å². The molecule has 0 atom stereocenters. The molecule has 0 saturated carbocycles. The number of halogens is 2. The summed E-state index contributed by atoms with van der Waals surface area (Å²) >= 11 is 12.4. The van der Waals surface area contributed by atoms with Crippen LogP contribution in [0.3, 0.4) is 0 Å². The number of aryl methyl sites for hydroxylation is 1. The van der Waals surface area contributed by atoms with E-state index in [-0.39, 0.29) is 16.4 Å². The second-order valence-corrected chi connectivity index (χ2v) is 7.59. The van der Waals surface area contributed by atoms with Crippen molar-refractivity contribution < 1.29 is 9.15 Å². The molecule has 3 heterocycles. The van der Waals surface area contributed by atoms with Crippen LogP contribution < -0.4 is 15.9 Å². The Labute approximate surface area is 178 Å². The first-order valence-corrected chi connectivity index (χ1v) is 9.66. The minimum atomic E-state index is -0.596. The molecular weight excluding hydrogens is 429 g/mol. The Morgan fingerprint density at radius 1 is 1.10 bits per heavy atom. The number of pyridine rings is 1. The molecule has 0 fully saturated rings. The van der Waals surface area contributed by atoms with E-state index in [1.807, 2.05) is 0 Å². The molecule has 0 amide bonds. The Morgan fingerprint density at radius 2 is 1.90 bits per heavy atom. The molecule has 7 nitrogen and oxygen atoms in total. The number of aromatic nitrogens is 3. The summed E-state index contributed by atoms with van der Waals surface area (Å²) in [6, 6.07) is 10.0. The molecule has 0 radical (unpaired) electrons. The maximum absolute atomic E-state index is 13.5. The molecule has 0 aliphatic carbocycles. The molecule has 0 aliphatic rings. The quantitative estimate of drug-likeness (QED) is 0.319. The third-order valence-electron chi connectivity index (χ3n) is 5.03. The Hall–Kier alpha value is -3.29. The van der Waals surface area contributed by atoms with E-state index < -0.39 is 11.2 Å². The van der Waals surface area contributed by atoms with Crippen LogP contribution in [0.1, 0.15) is 5.69 Å². The van der Waals surface area contributed by atoms with Crippen molar-refractivity contribution in [3.63, 3.8) is 0 Å². The van der Waals surface area contributed by atoms with Gasteiger partial charge in [-0.2, -0.15) is 0 Å². The zero-order valence-corrected chi connectivity index (χ0v) is 17.3. The van der Waals surface area contributed by atoms with Crippen molar-refractivity contribution in [3.8, 4) is 11.4 Å². The fourth-order valence-corrected chi connectivity index (χ4v) is 4.10. The molecular formula is C21H13Cl2N3O4. The highest BCUT2D eigenvalue weighted by Crippen LogP contribution is 2.33. The van der Waals surface area contributed by atoms with Gasteiger partial charge in [0.25, 0.3) is 5.56 Å². The van der Waals surface area contributed by atoms with Gasteiger partial charge in [-0.1, -0.05) is 35.3 Å². The minimum absolute atomic E-state index is 0.240. The van der Waals surface area contributed by atoms with Crippen molar-refractivity contribution in [1.82, 2.24) is 14.8 Å². The fourth-order valence-electron chi connectivity index (χ4n) is 3.73. The van der Waals surface area contributed by atoms with Crippen molar-refractivity contribution in [2.45, 2.75) is 6.92 Å². The van der Waals surface area contributed by atoms with E-state index >= 15 is 0 Å². The lowest BCUT2D eigenvalue weighted by molar-refractivity contribution is 0.407. The summed E-state index contributed by atoms with van der Waals surface area (Å²) in [5.74, 6) is 0.392. The summed E-state index contributed by atoms with van der Waals surface area (Å²) in [5.41, 5.74) is 0.376. The van der Waals surface area contributed by atoms with Crippen LogP contribution in [-0.4, -0.2) is 21.9 Å². The molecule has 0 bridgehead atoms. The second kappa shape index (κ2) is 6.62. The summed E-state index contributed by atoms with van der Waals surface area (Å²) < 4.78 is 12.1. The van der Waals surface area contributed by atoms with Crippen LogP contribution in [0.4, 0.5) is 0 Å². The number of rotatable bonds is 2. The van der Waals surface area contributed by atoms with Crippen molar-refractivity contribution >= 4 is 56.0 Å². The Balaban J connectivity index is 2.04. The van der Waals surface area contributed by atoms with Gasteiger partial charge in [0.15, 0.2) is 17.0 Å². The topological polar surface area (TPSA) is 90.1 Å². The number of nitrogens with one attached hydrogen (secondary N) is 1. The molecule has 5 aromatic rings. The van der Waals surface area contributed by atoms with E-state index in [9.17, 15) is 9.59 Å². The first-order chi connectivity index (χ1) is 14.4. The second-order valence-electron chi connectivity index (χ2n) is 6.75. The largest absolute Gasteiger partial charge is 0.493 e. The van der Waals surface area contributed by atoms with Gasteiger partial charge in [0.05, 0.1) is 34.3 Å². The lowest BCUT2D eigenvalue weighted by atomic mass is 10.0. The molecule has 0 aliphatic heterocycles. The highest BCUT2D eigenvalue weighted by atomic mass is 35.5. The number of benzene rings is 2. The third kappa shape index (κ3) is 2.56. The van der Waals surface area contributed by atoms with E-state index in [2.05, 4.69) is 10.1 Å². The van der Waals surface area contributed by atoms with Crippen LogP contribution in [0.5, 0.6) is 5.75 Å². The van der Waals surface area contributed by atoms with Crippen molar-refractivity contribution in [1.29, 1.82) is 0 Å². The van der Waals surface area contributed by atoms with Crippen LogP contribution in [-0.2, 0) is 0 Å². The molecule has 3 aromatic heterocycles. The number of aromatic amines is 1. The minimum Gasteiger partial charge on any atom is -0.493 e. The summed E-state index contributed by atoms with van der Waals surface area (Å²) in [6.45, 7) is 1.69. The first kappa shape index (κ1) is 18.7. The normalized spacial score (nSPS) is 11.6. The van der Waals surface area contributed by atoms with Crippen molar-refractivity contribution in [2.75, 3.05) is 7.11 Å².